The average Bonchev–Trinajstić information content (AvgIpc) is 2.88. The maximum Gasteiger partial charge on any atom is 0.133 e. The van der Waals surface area contributed by atoms with E-state index < -0.39 is 0 Å². The second-order valence-corrected chi connectivity index (χ2v) is 6.50. The Balaban J connectivity index is 1.93. The molecule has 0 aromatic heterocycles. The first-order valence-corrected chi connectivity index (χ1v) is 8.01. The summed E-state index contributed by atoms with van der Waals surface area (Å²) in [6.45, 7) is 5.54. The Morgan fingerprint density at radius 1 is 0.739 bits per heavy atom. The topological polar surface area (TPSA) is 18.5 Å². The van der Waals surface area contributed by atoms with E-state index in [4.69, 9.17) is 9.47 Å². The molecule has 0 unspecified atom stereocenters. The van der Waals surface area contributed by atoms with Gasteiger partial charge in [-0.15, -0.1) is 0 Å². The van der Waals surface area contributed by atoms with Crippen LogP contribution in [-0.2, 0) is 9.47 Å². The van der Waals surface area contributed by atoms with Gasteiger partial charge in [-0.3, -0.25) is 0 Å². The molecule has 2 aliphatic rings. The van der Waals surface area contributed by atoms with Crippen molar-refractivity contribution in [2.75, 3.05) is 13.2 Å². The lowest BCUT2D eigenvalue weighted by atomic mass is 9.84. The molecule has 0 amide bonds. The second-order valence-electron chi connectivity index (χ2n) is 6.50. The lowest BCUT2D eigenvalue weighted by molar-refractivity contribution is 0.130. The van der Waals surface area contributed by atoms with Crippen molar-refractivity contribution in [3.8, 4) is 0 Å². The molecule has 0 radical (unpaired) electrons. The molecular formula is C21H20O2. The van der Waals surface area contributed by atoms with Crippen molar-refractivity contribution >= 4 is 11.3 Å². The predicted octanol–water partition coefficient (Wildman–Crippen LogP) is 4.69. The Hall–Kier alpha value is -2.32. The molecule has 2 heteroatoms. The average molecular weight is 304 g/mol. The monoisotopic (exact) mass is 304 g/mol. The van der Waals surface area contributed by atoms with Crippen LogP contribution in [0.15, 0.2) is 71.8 Å². The normalized spacial score (nSPS) is 19.6. The molecule has 2 nitrogen and oxygen atoms in total. The SMILES string of the molecule is CC1(C)OC(c2ccccc2)=C2COCC(c3ccccc3)=C21. The quantitative estimate of drug-likeness (QED) is 0.801. The maximum atomic E-state index is 6.38. The zero-order chi connectivity index (χ0) is 15.9. The van der Waals surface area contributed by atoms with Gasteiger partial charge in [0.05, 0.1) is 13.2 Å². The third-order valence-electron chi connectivity index (χ3n) is 4.49. The summed E-state index contributed by atoms with van der Waals surface area (Å²) in [5, 5.41) is 0. The molecule has 0 spiro atoms. The number of hydrogen-bond donors (Lipinski definition) is 0. The van der Waals surface area contributed by atoms with E-state index in [9.17, 15) is 0 Å². The smallest absolute Gasteiger partial charge is 0.133 e. The number of ether oxygens (including phenoxy) is 2. The fraction of sp³-hybridized carbons (Fsp3) is 0.238. The highest BCUT2D eigenvalue weighted by atomic mass is 16.5. The van der Waals surface area contributed by atoms with Gasteiger partial charge in [0, 0.05) is 16.7 Å². The first kappa shape index (κ1) is 14.3. The minimum absolute atomic E-state index is 0.338. The van der Waals surface area contributed by atoms with Crippen LogP contribution in [-0.4, -0.2) is 18.8 Å². The van der Waals surface area contributed by atoms with Crippen LogP contribution < -0.4 is 0 Å². The fourth-order valence-corrected chi connectivity index (χ4v) is 3.54. The lowest BCUT2D eigenvalue weighted by Crippen LogP contribution is -2.26. The van der Waals surface area contributed by atoms with Crippen molar-refractivity contribution in [2.45, 2.75) is 19.4 Å². The minimum Gasteiger partial charge on any atom is -0.482 e. The van der Waals surface area contributed by atoms with Gasteiger partial charge in [0.1, 0.15) is 11.4 Å². The highest BCUT2D eigenvalue weighted by Gasteiger charge is 2.42. The van der Waals surface area contributed by atoms with Gasteiger partial charge in [-0.05, 0) is 25.0 Å². The van der Waals surface area contributed by atoms with E-state index in [-0.39, 0.29) is 5.60 Å². The van der Waals surface area contributed by atoms with Crippen LogP contribution in [0.2, 0.25) is 0 Å². The van der Waals surface area contributed by atoms with Crippen LogP contribution in [0.1, 0.15) is 25.0 Å². The van der Waals surface area contributed by atoms with Gasteiger partial charge >= 0.3 is 0 Å². The van der Waals surface area contributed by atoms with Crippen LogP contribution in [0.25, 0.3) is 11.3 Å². The molecule has 2 heterocycles. The second kappa shape index (κ2) is 5.39. The molecule has 0 saturated carbocycles. The van der Waals surface area contributed by atoms with Crippen molar-refractivity contribution in [3.63, 3.8) is 0 Å². The number of benzene rings is 2. The fourth-order valence-electron chi connectivity index (χ4n) is 3.54. The third-order valence-corrected chi connectivity index (χ3v) is 4.49. The highest BCUT2D eigenvalue weighted by Crippen LogP contribution is 2.48. The summed E-state index contributed by atoms with van der Waals surface area (Å²) in [7, 11) is 0. The molecule has 0 fully saturated rings. The first-order chi connectivity index (χ1) is 11.2. The van der Waals surface area contributed by atoms with Crippen molar-refractivity contribution < 1.29 is 9.47 Å². The zero-order valence-electron chi connectivity index (χ0n) is 13.5. The van der Waals surface area contributed by atoms with Gasteiger partial charge in [0.2, 0.25) is 0 Å². The first-order valence-electron chi connectivity index (χ1n) is 8.01. The maximum absolute atomic E-state index is 6.38. The van der Waals surface area contributed by atoms with Gasteiger partial charge in [-0.1, -0.05) is 60.7 Å². The molecule has 4 rings (SSSR count). The van der Waals surface area contributed by atoms with Gasteiger partial charge < -0.3 is 9.47 Å². The molecule has 0 N–H and O–H groups in total. The summed E-state index contributed by atoms with van der Waals surface area (Å²) in [4.78, 5) is 0. The summed E-state index contributed by atoms with van der Waals surface area (Å²) in [6.07, 6.45) is 0. The minimum atomic E-state index is -0.338. The molecule has 2 aromatic carbocycles. The van der Waals surface area contributed by atoms with E-state index in [2.05, 4.69) is 50.2 Å². The number of hydrogen-bond acceptors (Lipinski definition) is 2. The van der Waals surface area contributed by atoms with Gasteiger partial charge in [0.25, 0.3) is 0 Å². The van der Waals surface area contributed by atoms with E-state index in [0.29, 0.717) is 13.2 Å². The Labute approximate surface area is 137 Å². The van der Waals surface area contributed by atoms with Crippen LogP contribution in [0.5, 0.6) is 0 Å². The molecule has 2 aromatic rings. The summed E-state index contributed by atoms with van der Waals surface area (Å²) >= 11 is 0. The Morgan fingerprint density at radius 2 is 1.30 bits per heavy atom. The summed E-state index contributed by atoms with van der Waals surface area (Å²) in [5.41, 5.74) is 5.70. The third kappa shape index (κ3) is 2.40. The summed E-state index contributed by atoms with van der Waals surface area (Å²) in [5.74, 6) is 0.957. The summed E-state index contributed by atoms with van der Waals surface area (Å²) < 4.78 is 12.3. The van der Waals surface area contributed by atoms with Crippen LogP contribution in [0.3, 0.4) is 0 Å². The summed E-state index contributed by atoms with van der Waals surface area (Å²) in [6, 6.07) is 20.8. The van der Waals surface area contributed by atoms with Crippen LogP contribution in [0.4, 0.5) is 0 Å². The van der Waals surface area contributed by atoms with E-state index in [1.807, 2.05) is 24.3 Å². The molecule has 23 heavy (non-hydrogen) atoms. The predicted molar refractivity (Wildman–Crippen MR) is 92.7 cm³/mol. The molecule has 116 valence electrons. The van der Waals surface area contributed by atoms with Crippen LogP contribution >= 0.6 is 0 Å². The molecular weight excluding hydrogens is 284 g/mol. The van der Waals surface area contributed by atoms with Crippen molar-refractivity contribution in [1.82, 2.24) is 0 Å². The van der Waals surface area contributed by atoms with Crippen LogP contribution in [0, 0.1) is 0 Å². The van der Waals surface area contributed by atoms with E-state index in [1.54, 1.807) is 0 Å². The largest absolute Gasteiger partial charge is 0.482 e. The van der Waals surface area contributed by atoms with E-state index in [1.165, 1.54) is 22.3 Å². The van der Waals surface area contributed by atoms with Gasteiger partial charge in [-0.2, -0.15) is 0 Å². The molecule has 0 saturated heterocycles. The Bertz CT molecular complexity index is 783. The van der Waals surface area contributed by atoms with Gasteiger partial charge in [0.15, 0.2) is 0 Å². The standard InChI is InChI=1S/C21H20O2/c1-21(2)19-17(15-9-5-3-6-10-15)13-22-14-18(19)20(23-21)16-11-7-4-8-12-16/h3-12H,13-14H2,1-2H3. The molecule has 0 aliphatic carbocycles. The zero-order valence-corrected chi connectivity index (χ0v) is 13.5. The highest BCUT2D eigenvalue weighted by molar-refractivity contribution is 5.84. The lowest BCUT2D eigenvalue weighted by Gasteiger charge is -2.28. The van der Waals surface area contributed by atoms with E-state index in [0.717, 1.165) is 11.3 Å². The molecule has 0 atom stereocenters. The Kier molecular flexibility index (Phi) is 3.35. The van der Waals surface area contributed by atoms with Crippen molar-refractivity contribution in [3.05, 3.63) is 82.9 Å². The number of fused-ring (bicyclic) bond motifs is 1. The van der Waals surface area contributed by atoms with E-state index >= 15 is 0 Å². The molecule has 0 bridgehead atoms. The molecule has 2 aliphatic heterocycles. The number of rotatable bonds is 2. The Morgan fingerprint density at radius 3 is 1.96 bits per heavy atom. The van der Waals surface area contributed by atoms with Gasteiger partial charge in [-0.25, -0.2) is 0 Å². The van der Waals surface area contributed by atoms with Crippen molar-refractivity contribution in [2.24, 2.45) is 0 Å². The van der Waals surface area contributed by atoms with Crippen molar-refractivity contribution in [1.29, 1.82) is 0 Å².